The predicted octanol–water partition coefficient (Wildman–Crippen LogP) is 2.28. The van der Waals surface area contributed by atoms with Crippen molar-refractivity contribution in [3.63, 3.8) is 0 Å². The van der Waals surface area contributed by atoms with Crippen molar-refractivity contribution in [3.05, 3.63) is 29.3 Å². The van der Waals surface area contributed by atoms with Gasteiger partial charge in [-0.05, 0) is 31.5 Å². The average Bonchev–Trinajstić information content (AvgIpc) is 2.21. The fourth-order valence-electron chi connectivity index (χ4n) is 1.28. The van der Waals surface area contributed by atoms with E-state index >= 15 is 0 Å². The SMILES string of the molecule is COCC(C)Oc1cc(C#N)ccc1C. The van der Waals surface area contributed by atoms with E-state index in [0.717, 1.165) is 11.3 Å². The Kier molecular flexibility index (Phi) is 4.14. The van der Waals surface area contributed by atoms with Crippen LogP contribution in [0.15, 0.2) is 18.2 Å². The van der Waals surface area contributed by atoms with E-state index < -0.39 is 0 Å². The van der Waals surface area contributed by atoms with Crippen molar-refractivity contribution < 1.29 is 9.47 Å². The maximum Gasteiger partial charge on any atom is 0.124 e. The molecule has 0 aromatic heterocycles. The Morgan fingerprint density at radius 1 is 1.47 bits per heavy atom. The summed E-state index contributed by atoms with van der Waals surface area (Å²) in [6.07, 6.45) is -0.0114. The molecule has 3 heteroatoms. The molecular weight excluding hydrogens is 190 g/mol. The molecule has 0 heterocycles. The Hall–Kier alpha value is -1.53. The number of hydrogen-bond donors (Lipinski definition) is 0. The lowest BCUT2D eigenvalue weighted by atomic mass is 10.1. The van der Waals surface area contributed by atoms with E-state index in [2.05, 4.69) is 6.07 Å². The summed E-state index contributed by atoms with van der Waals surface area (Å²) in [4.78, 5) is 0. The molecule has 1 rings (SSSR count). The highest BCUT2D eigenvalue weighted by molar-refractivity contribution is 5.41. The van der Waals surface area contributed by atoms with E-state index in [1.807, 2.05) is 19.9 Å². The third-order valence-corrected chi connectivity index (χ3v) is 2.05. The molecule has 0 spiro atoms. The normalized spacial score (nSPS) is 11.9. The summed E-state index contributed by atoms with van der Waals surface area (Å²) in [7, 11) is 1.64. The predicted molar refractivity (Wildman–Crippen MR) is 57.9 cm³/mol. The smallest absolute Gasteiger partial charge is 0.124 e. The molecule has 0 fully saturated rings. The maximum absolute atomic E-state index is 8.76. The number of nitriles is 1. The molecule has 0 N–H and O–H groups in total. The Bertz CT molecular complexity index is 368. The van der Waals surface area contributed by atoms with Gasteiger partial charge >= 0.3 is 0 Å². The van der Waals surface area contributed by atoms with Crippen molar-refractivity contribution in [1.82, 2.24) is 0 Å². The van der Waals surface area contributed by atoms with Crippen LogP contribution >= 0.6 is 0 Å². The van der Waals surface area contributed by atoms with Crippen molar-refractivity contribution in [2.45, 2.75) is 20.0 Å². The molecule has 3 nitrogen and oxygen atoms in total. The molecule has 80 valence electrons. The van der Waals surface area contributed by atoms with Crippen LogP contribution in [-0.2, 0) is 4.74 Å². The fourth-order valence-corrected chi connectivity index (χ4v) is 1.28. The maximum atomic E-state index is 8.76. The zero-order chi connectivity index (χ0) is 11.3. The molecule has 15 heavy (non-hydrogen) atoms. The second kappa shape index (κ2) is 5.38. The number of aryl methyl sites for hydroxylation is 1. The number of benzene rings is 1. The Labute approximate surface area is 90.2 Å². The summed E-state index contributed by atoms with van der Waals surface area (Å²) in [6, 6.07) is 7.50. The number of nitrogens with zero attached hydrogens (tertiary/aromatic N) is 1. The zero-order valence-electron chi connectivity index (χ0n) is 9.28. The van der Waals surface area contributed by atoms with Crippen molar-refractivity contribution in [1.29, 1.82) is 5.26 Å². The van der Waals surface area contributed by atoms with E-state index in [4.69, 9.17) is 14.7 Å². The third kappa shape index (κ3) is 3.26. The Balaban J connectivity index is 2.80. The van der Waals surface area contributed by atoms with Gasteiger partial charge in [0.2, 0.25) is 0 Å². The highest BCUT2D eigenvalue weighted by Crippen LogP contribution is 2.20. The lowest BCUT2D eigenvalue weighted by Crippen LogP contribution is -2.18. The summed E-state index contributed by atoms with van der Waals surface area (Å²) >= 11 is 0. The van der Waals surface area contributed by atoms with Crippen LogP contribution in [0.1, 0.15) is 18.1 Å². The van der Waals surface area contributed by atoms with Crippen LogP contribution in [0.2, 0.25) is 0 Å². The van der Waals surface area contributed by atoms with Gasteiger partial charge in [-0.3, -0.25) is 0 Å². The molecular formula is C12H15NO2. The van der Waals surface area contributed by atoms with E-state index in [-0.39, 0.29) is 6.10 Å². The van der Waals surface area contributed by atoms with Gasteiger partial charge in [0.25, 0.3) is 0 Å². The van der Waals surface area contributed by atoms with Gasteiger partial charge in [-0.2, -0.15) is 5.26 Å². The third-order valence-electron chi connectivity index (χ3n) is 2.05. The quantitative estimate of drug-likeness (QED) is 0.757. The summed E-state index contributed by atoms with van der Waals surface area (Å²) in [5.41, 5.74) is 1.64. The monoisotopic (exact) mass is 205 g/mol. The van der Waals surface area contributed by atoms with Crippen LogP contribution in [-0.4, -0.2) is 19.8 Å². The van der Waals surface area contributed by atoms with Gasteiger partial charge in [-0.1, -0.05) is 6.07 Å². The average molecular weight is 205 g/mol. The Morgan fingerprint density at radius 2 is 2.20 bits per heavy atom. The lowest BCUT2D eigenvalue weighted by molar-refractivity contribution is 0.0916. The Morgan fingerprint density at radius 3 is 2.80 bits per heavy atom. The van der Waals surface area contributed by atoms with Crippen LogP contribution in [0, 0.1) is 18.3 Å². The molecule has 1 aromatic rings. The molecule has 0 aliphatic carbocycles. The first kappa shape index (κ1) is 11.5. The standard InChI is InChI=1S/C12H15NO2/c1-9-4-5-11(7-13)6-12(9)15-10(2)8-14-3/h4-6,10H,8H2,1-3H3. The molecule has 1 unspecified atom stereocenters. The summed E-state index contributed by atoms with van der Waals surface area (Å²) in [6.45, 7) is 4.42. The fraction of sp³-hybridized carbons (Fsp3) is 0.417. The topological polar surface area (TPSA) is 42.2 Å². The minimum atomic E-state index is -0.0114. The van der Waals surface area contributed by atoms with E-state index in [1.54, 1.807) is 19.2 Å². The molecule has 1 aromatic carbocycles. The van der Waals surface area contributed by atoms with Gasteiger partial charge in [0.1, 0.15) is 11.9 Å². The molecule has 0 aliphatic heterocycles. The van der Waals surface area contributed by atoms with Crippen molar-refractivity contribution in [3.8, 4) is 11.8 Å². The minimum Gasteiger partial charge on any atom is -0.488 e. The number of rotatable bonds is 4. The van der Waals surface area contributed by atoms with Gasteiger partial charge < -0.3 is 9.47 Å². The van der Waals surface area contributed by atoms with E-state index in [9.17, 15) is 0 Å². The summed E-state index contributed by atoms with van der Waals surface area (Å²) in [5, 5.41) is 8.76. The van der Waals surface area contributed by atoms with Gasteiger partial charge in [0.05, 0.1) is 18.2 Å². The van der Waals surface area contributed by atoms with Crippen LogP contribution in [0.5, 0.6) is 5.75 Å². The van der Waals surface area contributed by atoms with Gasteiger partial charge in [-0.25, -0.2) is 0 Å². The molecule has 1 atom stereocenters. The second-order valence-electron chi connectivity index (χ2n) is 3.48. The lowest BCUT2D eigenvalue weighted by Gasteiger charge is -2.15. The van der Waals surface area contributed by atoms with Crippen molar-refractivity contribution in [2.24, 2.45) is 0 Å². The number of methoxy groups -OCH3 is 1. The largest absolute Gasteiger partial charge is 0.488 e. The molecule has 0 aliphatic rings. The zero-order valence-corrected chi connectivity index (χ0v) is 9.28. The second-order valence-corrected chi connectivity index (χ2v) is 3.48. The minimum absolute atomic E-state index is 0.0114. The number of hydrogen-bond acceptors (Lipinski definition) is 3. The molecule has 0 bridgehead atoms. The summed E-state index contributed by atoms with van der Waals surface area (Å²) < 4.78 is 10.6. The van der Waals surface area contributed by atoms with E-state index in [1.165, 1.54) is 0 Å². The molecule has 0 saturated heterocycles. The van der Waals surface area contributed by atoms with Crippen LogP contribution in [0.25, 0.3) is 0 Å². The molecule has 0 saturated carbocycles. The molecule has 0 amide bonds. The van der Waals surface area contributed by atoms with Gasteiger partial charge in [-0.15, -0.1) is 0 Å². The summed E-state index contributed by atoms with van der Waals surface area (Å²) in [5.74, 6) is 0.749. The van der Waals surface area contributed by atoms with Crippen LogP contribution < -0.4 is 4.74 Å². The van der Waals surface area contributed by atoms with Crippen molar-refractivity contribution >= 4 is 0 Å². The van der Waals surface area contributed by atoms with Gasteiger partial charge in [0.15, 0.2) is 0 Å². The first-order valence-electron chi connectivity index (χ1n) is 4.83. The highest BCUT2D eigenvalue weighted by Gasteiger charge is 2.06. The van der Waals surface area contributed by atoms with Crippen LogP contribution in [0.4, 0.5) is 0 Å². The van der Waals surface area contributed by atoms with Crippen molar-refractivity contribution in [2.75, 3.05) is 13.7 Å². The van der Waals surface area contributed by atoms with Gasteiger partial charge in [0, 0.05) is 7.11 Å². The first-order valence-corrected chi connectivity index (χ1v) is 4.83. The van der Waals surface area contributed by atoms with Crippen LogP contribution in [0.3, 0.4) is 0 Å². The van der Waals surface area contributed by atoms with E-state index in [0.29, 0.717) is 12.2 Å². The molecule has 0 radical (unpaired) electrons. The number of ether oxygens (including phenoxy) is 2. The first-order chi connectivity index (χ1) is 7.17. The highest BCUT2D eigenvalue weighted by atomic mass is 16.5.